The number of amides is 1. The molecule has 6 nitrogen and oxygen atoms in total. The third-order valence-corrected chi connectivity index (χ3v) is 3.30. The Balaban J connectivity index is 1.58. The fourth-order valence-corrected chi connectivity index (χ4v) is 2.02. The average molecular weight is 263 g/mol. The number of esters is 1. The van der Waals surface area contributed by atoms with Crippen LogP contribution >= 0.6 is 0 Å². The van der Waals surface area contributed by atoms with E-state index >= 15 is 0 Å². The number of nitrogens with zero attached hydrogens (tertiary/aromatic N) is 1. The lowest BCUT2D eigenvalue weighted by atomic mass is 10.4. The van der Waals surface area contributed by atoms with Gasteiger partial charge in [0.2, 0.25) is 0 Å². The van der Waals surface area contributed by atoms with Gasteiger partial charge in [-0.05, 0) is 31.7 Å². The molecule has 0 aliphatic heterocycles. The van der Waals surface area contributed by atoms with Crippen LogP contribution in [0.15, 0.2) is 12.3 Å². The zero-order valence-electron chi connectivity index (χ0n) is 10.6. The Labute approximate surface area is 110 Å². The minimum absolute atomic E-state index is 0.231. The van der Waals surface area contributed by atoms with Crippen molar-refractivity contribution in [1.29, 1.82) is 0 Å². The molecule has 0 atom stereocenters. The monoisotopic (exact) mass is 263 g/mol. The molecule has 2 fully saturated rings. The van der Waals surface area contributed by atoms with Crippen molar-refractivity contribution in [1.82, 2.24) is 9.88 Å². The quantitative estimate of drug-likeness (QED) is 0.771. The van der Waals surface area contributed by atoms with Gasteiger partial charge in [-0.25, -0.2) is 4.79 Å². The average Bonchev–Trinajstić information content (AvgIpc) is 3.27. The first kappa shape index (κ1) is 12.1. The van der Waals surface area contributed by atoms with Crippen molar-refractivity contribution in [3.05, 3.63) is 18.0 Å². The van der Waals surface area contributed by atoms with Crippen LogP contribution in [0.4, 0.5) is 5.69 Å². The third-order valence-electron chi connectivity index (χ3n) is 3.30. The van der Waals surface area contributed by atoms with E-state index in [1.807, 2.05) is 4.57 Å². The first-order valence-corrected chi connectivity index (χ1v) is 6.57. The smallest absolute Gasteiger partial charge is 0.355 e. The number of carbonyl (C=O) groups excluding carboxylic acids is 2. The predicted molar refractivity (Wildman–Crippen MR) is 68.6 cm³/mol. The molecule has 6 heteroatoms. The molecular weight excluding hydrogens is 246 g/mol. The van der Waals surface area contributed by atoms with E-state index in [2.05, 4.69) is 5.32 Å². The van der Waals surface area contributed by atoms with E-state index in [1.165, 1.54) is 0 Å². The maximum Gasteiger partial charge on any atom is 0.355 e. The van der Waals surface area contributed by atoms with Crippen LogP contribution in [-0.2, 0) is 9.53 Å². The largest absolute Gasteiger partial charge is 0.451 e. The number of aromatic nitrogens is 1. The lowest BCUT2D eigenvalue weighted by molar-refractivity contribution is -0.124. The highest BCUT2D eigenvalue weighted by Gasteiger charge is 2.29. The Kier molecular flexibility index (Phi) is 2.93. The Bertz CT molecular complexity index is 515. The standard InChI is InChI=1S/C13H17N3O3/c14-8-5-11(16(6-8)10-3-4-10)13(18)19-7-12(17)15-9-1-2-9/h5-6,9-10H,1-4,7,14H2,(H,15,17). The normalized spacial score (nSPS) is 18.1. The molecule has 0 aromatic carbocycles. The number of nitrogens with two attached hydrogens (primary N) is 1. The van der Waals surface area contributed by atoms with Crippen LogP contribution in [0.25, 0.3) is 0 Å². The second-order valence-electron chi connectivity index (χ2n) is 5.22. The molecule has 19 heavy (non-hydrogen) atoms. The molecule has 0 spiro atoms. The molecule has 0 radical (unpaired) electrons. The Morgan fingerprint density at radius 2 is 2.11 bits per heavy atom. The van der Waals surface area contributed by atoms with Gasteiger partial charge in [0.1, 0.15) is 5.69 Å². The number of nitrogen functional groups attached to an aromatic ring is 1. The lowest BCUT2D eigenvalue weighted by Gasteiger charge is -2.08. The van der Waals surface area contributed by atoms with E-state index in [-0.39, 0.29) is 18.6 Å². The Morgan fingerprint density at radius 3 is 2.74 bits per heavy atom. The second kappa shape index (κ2) is 4.60. The number of ether oxygens (including phenoxy) is 1. The first-order valence-electron chi connectivity index (χ1n) is 6.57. The van der Waals surface area contributed by atoms with E-state index in [0.717, 1.165) is 25.7 Å². The summed E-state index contributed by atoms with van der Waals surface area (Å²) in [6.45, 7) is -0.231. The highest BCUT2D eigenvalue weighted by molar-refractivity contribution is 5.91. The Morgan fingerprint density at radius 1 is 1.37 bits per heavy atom. The lowest BCUT2D eigenvalue weighted by Crippen LogP contribution is -2.30. The van der Waals surface area contributed by atoms with Crippen LogP contribution in [0.1, 0.15) is 42.2 Å². The number of nitrogens with one attached hydrogen (secondary N) is 1. The van der Waals surface area contributed by atoms with Crippen molar-refractivity contribution in [2.24, 2.45) is 0 Å². The van der Waals surface area contributed by atoms with Crippen LogP contribution in [0.2, 0.25) is 0 Å². The van der Waals surface area contributed by atoms with Gasteiger partial charge in [0.05, 0.1) is 5.69 Å². The fraction of sp³-hybridized carbons (Fsp3) is 0.538. The summed E-state index contributed by atoms with van der Waals surface area (Å²) in [6.07, 6.45) is 5.88. The summed E-state index contributed by atoms with van der Waals surface area (Å²) in [6, 6.07) is 2.22. The number of hydrogen-bond donors (Lipinski definition) is 2. The van der Waals surface area contributed by atoms with Gasteiger partial charge in [0.25, 0.3) is 5.91 Å². The number of carbonyl (C=O) groups is 2. The molecule has 0 unspecified atom stereocenters. The summed E-state index contributed by atoms with van der Waals surface area (Å²) in [5.74, 6) is -0.733. The van der Waals surface area contributed by atoms with Gasteiger partial charge in [-0.15, -0.1) is 0 Å². The first-order chi connectivity index (χ1) is 9.13. The van der Waals surface area contributed by atoms with Crippen LogP contribution in [-0.4, -0.2) is 29.1 Å². The highest BCUT2D eigenvalue weighted by Crippen LogP contribution is 2.37. The minimum atomic E-state index is -0.491. The predicted octanol–water partition coefficient (Wildman–Crippen LogP) is 0.841. The van der Waals surface area contributed by atoms with E-state index in [9.17, 15) is 9.59 Å². The van der Waals surface area contributed by atoms with Gasteiger partial charge in [-0.1, -0.05) is 0 Å². The maximum atomic E-state index is 11.9. The van der Waals surface area contributed by atoms with Gasteiger partial charge in [0.15, 0.2) is 6.61 Å². The van der Waals surface area contributed by atoms with Gasteiger partial charge in [0, 0.05) is 18.3 Å². The second-order valence-corrected chi connectivity index (χ2v) is 5.22. The topological polar surface area (TPSA) is 86.4 Å². The van der Waals surface area contributed by atoms with E-state index in [4.69, 9.17) is 10.5 Å². The molecule has 2 saturated carbocycles. The van der Waals surface area contributed by atoms with Gasteiger partial charge in [-0.2, -0.15) is 0 Å². The van der Waals surface area contributed by atoms with Gasteiger partial charge in [-0.3, -0.25) is 4.79 Å². The van der Waals surface area contributed by atoms with E-state index in [1.54, 1.807) is 12.3 Å². The maximum absolute atomic E-state index is 11.9. The zero-order valence-corrected chi connectivity index (χ0v) is 10.6. The van der Waals surface area contributed by atoms with Crippen molar-refractivity contribution in [2.75, 3.05) is 12.3 Å². The Hall–Kier alpha value is -1.98. The minimum Gasteiger partial charge on any atom is -0.451 e. The molecule has 102 valence electrons. The number of rotatable bonds is 5. The molecule has 1 aromatic rings. The molecule has 1 amide bonds. The van der Waals surface area contributed by atoms with Crippen LogP contribution in [0, 0.1) is 0 Å². The van der Waals surface area contributed by atoms with Crippen molar-refractivity contribution >= 4 is 17.6 Å². The highest BCUT2D eigenvalue weighted by atomic mass is 16.5. The molecule has 1 aromatic heterocycles. The van der Waals surface area contributed by atoms with E-state index < -0.39 is 5.97 Å². The molecule has 2 aliphatic rings. The van der Waals surface area contributed by atoms with Gasteiger partial charge < -0.3 is 20.4 Å². The number of anilines is 1. The van der Waals surface area contributed by atoms with Crippen molar-refractivity contribution < 1.29 is 14.3 Å². The third kappa shape index (κ3) is 2.89. The van der Waals surface area contributed by atoms with Crippen LogP contribution < -0.4 is 11.1 Å². The number of hydrogen-bond acceptors (Lipinski definition) is 4. The van der Waals surface area contributed by atoms with E-state index in [0.29, 0.717) is 17.4 Å². The van der Waals surface area contributed by atoms with Crippen LogP contribution in [0.5, 0.6) is 0 Å². The molecular formula is C13H17N3O3. The molecule has 0 saturated heterocycles. The van der Waals surface area contributed by atoms with Gasteiger partial charge >= 0.3 is 5.97 Å². The summed E-state index contributed by atoms with van der Waals surface area (Å²) >= 11 is 0. The molecule has 1 heterocycles. The molecule has 2 aliphatic carbocycles. The summed E-state index contributed by atoms with van der Waals surface area (Å²) in [5.41, 5.74) is 6.68. The van der Waals surface area contributed by atoms with Crippen molar-refractivity contribution in [3.63, 3.8) is 0 Å². The summed E-state index contributed by atoms with van der Waals surface area (Å²) in [4.78, 5) is 23.4. The summed E-state index contributed by atoms with van der Waals surface area (Å²) in [7, 11) is 0. The SMILES string of the molecule is Nc1cc(C(=O)OCC(=O)NC2CC2)n(C2CC2)c1. The summed E-state index contributed by atoms with van der Waals surface area (Å²) in [5, 5.41) is 2.77. The van der Waals surface area contributed by atoms with Crippen LogP contribution in [0.3, 0.4) is 0 Å². The zero-order chi connectivity index (χ0) is 13.4. The summed E-state index contributed by atoms with van der Waals surface area (Å²) < 4.78 is 6.87. The molecule has 0 bridgehead atoms. The molecule has 3 rings (SSSR count). The molecule has 3 N–H and O–H groups in total. The van der Waals surface area contributed by atoms with Crippen molar-refractivity contribution in [2.45, 2.75) is 37.8 Å². The fourth-order valence-electron chi connectivity index (χ4n) is 2.02. The van der Waals surface area contributed by atoms with Crippen molar-refractivity contribution in [3.8, 4) is 0 Å².